The molecule has 0 bridgehead atoms. The molecule has 0 unspecified atom stereocenters. The summed E-state index contributed by atoms with van der Waals surface area (Å²) < 4.78 is 44.3. The second-order valence-electron chi connectivity index (χ2n) is 7.13. The number of ether oxygens (including phenoxy) is 1. The Labute approximate surface area is 191 Å². The van der Waals surface area contributed by atoms with Crippen molar-refractivity contribution in [2.75, 3.05) is 14.1 Å². The molecule has 0 spiro atoms. The topological polar surface area (TPSA) is 105 Å². The highest BCUT2D eigenvalue weighted by atomic mass is 32.2. The Morgan fingerprint density at radius 3 is 2.27 bits per heavy atom. The van der Waals surface area contributed by atoms with E-state index in [1.165, 1.54) is 56.6 Å². The van der Waals surface area contributed by atoms with Crippen LogP contribution in [0.5, 0.6) is 5.75 Å². The van der Waals surface area contributed by atoms with Gasteiger partial charge in [-0.05, 0) is 48.0 Å². The zero-order chi connectivity index (χ0) is 24.0. The summed E-state index contributed by atoms with van der Waals surface area (Å²) in [5.74, 6) is -1.41. The third kappa shape index (κ3) is 5.93. The largest absolute Gasteiger partial charge is 0.488 e. The van der Waals surface area contributed by atoms with Crippen molar-refractivity contribution in [1.82, 2.24) is 15.2 Å². The fourth-order valence-electron chi connectivity index (χ4n) is 2.78. The van der Waals surface area contributed by atoms with Crippen LogP contribution < -0.4 is 15.6 Å². The van der Waals surface area contributed by atoms with Crippen molar-refractivity contribution >= 4 is 21.8 Å². The molecule has 2 amide bonds. The van der Waals surface area contributed by atoms with Gasteiger partial charge in [-0.2, -0.15) is 0 Å². The summed E-state index contributed by atoms with van der Waals surface area (Å²) in [6, 6.07) is 17.7. The van der Waals surface area contributed by atoms with Gasteiger partial charge >= 0.3 is 0 Å². The summed E-state index contributed by atoms with van der Waals surface area (Å²) in [5, 5.41) is 0. The first-order valence-electron chi connectivity index (χ1n) is 9.78. The number of halogens is 1. The number of carbonyl (C=O) groups is 2. The molecule has 3 rings (SSSR count). The van der Waals surface area contributed by atoms with Gasteiger partial charge < -0.3 is 4.74 Å². The zero-order valence-electron chi connectivity index (χ0n) is 17.9. The number of hydrazine groups is 1. The number of nitrogens with one attached hydrogen (secondary N) is 2. The molecule has 0 aliphatic carbocycles. The summed E-state index contributed by atoms with van der Waals surface area (Å²) in [7, 11) is -0.942. The molecule has 33 heavy (non-hydrogen) atoms. The van der Waals surface area contributed by atoms with Crippen LogP contribution in [0.3, 0.4) is 0 Å². The SMILES string of the molecule is CN(C)S(=O)(=O)c1cccc(C(=O)NNC(=O)c2ccccc2OCc2ccc(F)cc2)c1. The lowest BCUT2D eigenvalue weighted by Gasteiger charge is -2.13. The molecule has 0 aromatic heterocycles. The average Bonchev–Trinajstić information content (AvgIpc) is 2.82. The van der Waals surface area contributed by atoms with Gasteiger partial charge in [0.05, 0.1) is 10.5 Å². The number of para-hydroxylation sites is 1. The van der Waals surface area contributed by atoms with Crippen molar-refractivity contribution in [3.63, 3.8) is 0 Å². The second-order valence-corrected chi connectivity index (χ2v) is 9.29. The molecule has 3 aromatic rings. The first-order chi connectivity index (χ1) is 15.7. The quantitative estimate of drug-likeness (QED) is 0.516. The molecule has 0 heterocycles. The van der Waals surface area contributed by atoms with E-state index in [0.717, 1.165) is 4.31 Å². The molecule has 0 saturated heterocycles. The number of benzene rings is 3. The fourth-order valence-corrected chi connectivity index (χ4v) is 3.73. The lowest BCUT2D eigenvalue weighted by Crippen LogP contribution is -2.41. The number of amides is 2. The van der Waals surface area contributed by atoms with Crippen LogP contribution in [0.1, 0.15) is 26.3 Å². The Hall–Kier alpha value is -3.76. The van der Waals surface area contributed by atoms with Crippen LogP contribution in [0, 0.1) is 5.82 Å². The van der Waals surface area contributed by atoms with Gasteiger partial charge in [0.25, 0.3) is 11.8 Å². The summed E-state index contributed by atoms with van der Waals surface area (Å²) in [5.41, 5.74) is 5.50. The summed E-state index contributed by atoms with van der Waals surface area (Å²) in [4.78, 5) is 25.0. The van der Waals surface area contributed by atoms with Crippen molar-refractivity contribution in [2.45, 2.75) is 11.5 Å². The molecule has 0 saturated carbocycles. The van der Waals surface area contributed by atoms with Crippen LogP contribution in [0.15, 0.2) is 77.7 Å². The van der Waals surface area contributed by atoms with E-state index in [0.29, 0.717) is 5.56 Å². The maximum absolute atomic E-state index is 13.0. The van der Waals surface area contributed by atoms with E-state index in [4.69, 9.17) is 4.74 Å². The van der Waals surface area contributed by atoms with E-state index < -0.39 is 21.8 Å². The molecule has 10 heteroatoms. The predicted octanol–water partition coefficient (Wildman–Crippen LogP) is 2.73. The van der Waals surface area contributed by atoms with Gasteiger partial charge in [-0.25, -0.2) is 17.1 Å². The monoisotopic (exact) mass is 471 g/mol. The maximum Gasteiger partial charge on any atom is 0.273 e. The number of hydrogen-bond acceptors (Lipinski definition) is 5. The minimum Gasteiger partial charge on any atom is -0.488 e. The van der Waals surface area contributed by atoms with Crippen molar-refractivity contribution in [3.05, 3.63) is 95.3 Å². The van der Waals surface area contributed by atoms with Crippen LogP contribution in [-0.4, -0.2) is 38.6 Å². The fraction of sp³-hybridized carbons (Fsp3) is 0.130. The standard InChI is InChI=1S/C23H22FN3O5S/c1-27(2)33(30,31)19-7-5-6-17(14-19)22(28)25-26-23(29)20-8-3-4-9-21(20)32-15-16-10-12-18(24)13-11-16/h3-14H,15H2,1-2H3,(H,25,28)(H,26,29). The van der Waals surface area contributed by atoms with Gasteiger partial charge in [0.2, 0.25) is 10.0 Å². The molecule has 0 aliphatic rings. The van der Waals surface area contributed by atoms with Crippen LogP contribution in [0.25, 0.3) is 0 Å². The van der Waals surface area contributed by atoms with Gasteiger partial charge in [-0.15, -0.1) is 0 Å². The van der Waals surface area contributed by atoms with E-state index in [9.17, 15) is 22.4 Å². The predicted molar refractivity (Wildman–Crippen MR) is 119 cm³/mol. The smallest absolute Gasteiger partial charge is 0.273 e. The highest BCUT2D eigenvalue weighted by Crippen LogP contribution is 2.19. The van der Waals surface area contributed by atoms with Gasteiger partial charge in [-0.1, -0.05) is 30.3 Å². The lowest BCUT2D eigenvalue weighted by atomic mass is 10.2. The van der Waals surface area contributed by atoms with Crippen molar-refractivity contribution in [3.8, 4) is 5.75 Å². The third-order valence-electron chi connectivity index (χ3n) is 4.60. The molecule has 8 nitrogen and oxygen atoms in total. The lowest BCUT2D eigenvalue weighted by molar-refractivity contribution is 0.0844. The number of sulfonamides is 1. The van der Waals surface area contributed by atoms with Crippen molar-refractivity contribution < 1.29 is 27.1 Å². The molecule has 0 radical (unpaired) electrons. The van der Waals surface area contributed by atoms with Crippen LogP contribution >= 0.6 is 0 Å². The highest BCUT2D eigenvalue weighted by molar-refractivity contribution is 7.89. The molecule has 0 fully saturated rings. The number of nitrogens with zero attached hydrogens (tertiary/aromatic N) is 1. The summed E-state index contributed by atoms with van der Waals surface area (Å²) >= 11 is 0. The zero-order valence-corrected chi connectivity index (χ0v) is 18.7. The van der Waals surface area contributed by atoms with Gasteiger partial charge in [0, 0.05) is 19.7 Å². The number of rotatable bonds is 7. The Kier molecular flexibility index (Phi) is 7.41. The van der Waals surface area contributed by atoms with Crippen molar-refractivity contribution in [1.29, 1.82) is 0 Å². The van der Waals surface area contributed by atoms with Crippen LogP contribution in [-0.2, 0) is 16.6 Å². The first kappa shape index (κ1) is 23.9. The second kappa shape index (κ2) is 10.2. The molecule has 172 valence electrons. The molecule has 0 aliphatic heterocycles. The summed E-state index contributed by atoms with van der Waals surface area (Å²) in [6.07, 6.45) is 0. The number of hydrogen-bond donors (Lipinski definition) is 2. The average molecular weight is 472 g/mol. The van der Waals surface area contributed by atoms with E-state index in [1.807, 2.05) is 0 Å². The molecule has 0 atom stereocenters. The van der Waals surface area contributed by atoms with E-state index in [2.05, 4.69) is 10.9 Å². The summed E-state index contributed by atoms with van der Waals surface area (Å²) in [6.45, 7) is 0.115. The van der Waals surface area contributed by atoms with Crippen LogP contribution in [0.4, 0.5) is 4.39 Å². The van der Waals surface area contributed by atoms with E-state index >= 15 is 0 Å². The highest BCUT2D eigenvalue weighted by Gasteiger charge is 2.19. The van der Waals surface area contributed by atoms with Gasteiger partial charge in [-0.3, -0.25) is 20.4 Å². The minimum atomic E-state index is -3.72. The third-order valence-corrected chi connectivity index (χ3v) is 6.41. The minimum absolute atomic E-state index is 0.0500. The molecule has 3 aromatic carbocycles. The number of carbonyl (C=O) groups excluding carboxylic acids is 2. The Morgan fingerprint density at radius 1 is 0.909 bits per heavy atom. The normalized spacial score (nSPS) is 11.2. The Balaban J connectivity index is 1.66. The molecular weight excluding hydrogens is 449 g/mol. The Morgan fingerprint density at radius 2 is 1.58 bits per heavy atom. The maximum atomic E-state index is 13.0. The van der Waals surface area contributed by atoms with Gasteiger partial charge in [0.15, 0.2) is 0 Å². The van der Waals surface area contributed by atoms with E-state index in [-0.39, 0.29) is 34.2 Å². The van der Waals surface area contributed by atoms with E-state index in [1.54, 1.807) is 30.3 Å². The van der Waals surface area contributed by atoms with Crippen molar-refractivity contribution in [2.24, 2.45) is 0 Å². The molecule has 2 N–H and O–H groups in total. The first-order valence-corrected chi connectivity index (χ1v) is 11.2. The molecular formula is C23H22FN3O5S. The Bertz CT molecular complexity index is 1260. The van der Waals surface area contributed by atoms with Gasteiger partial charge in [0.1, 0.15) is 18.2 Å². The van der Waals surface area contributed by atoms with Crippen LogP contribution in [0.2, 0.25) is 0 Å².